The van der Waals surface area contributed by atoms with Crippen molar-refractivity contribution in [2.45, 2.75) is 6.54 Å². The van der Waals surface area contributed by atoms with E-state index in [4.69, 9.17) is 4.74 Å². The van der Waals surface area contributed by atoms with Crippen molar-refractivity contribution < 1.29 is 112 Å². The number of ether oxygens (including phenoxy) is 1. The summed E-state index contributed by atoms with van der Waals surface area (Å²) in [6.45, 7) is 0.0314. The number of nitro groups is 1. The molecule has 7 rings (SSSR count). The van der Waals surface area contributed by atoms with Gasteiger partial charge in [-0.15, -0.1) is 21.9 Å². The predicted molar refractivity (Wildman–Crippen MR) is 202 cm³/mol. The van der Waals surface area contributed by atoms with Gasteiger partial charge in [-0.2, -0.15) is 4.57 Å². The van der Waals surface area contributed by atoms with E-state index in [1.165, 1.54) is 35.2 Å². The molecule has 0 aliphatic rings. The Morgan fingerprint density at radius 2 is 0.847 bits per heavy atom. The molecule has 1 aromatic heterocycles. The average molecular weight is 1040 g/mol. The van der Waals surface area contributed by atoms with Crippen molar-refractivity contribution in [3.8, 4) is 5.75 Å². The first-order valence-corrected chi connectivity index (χ1v) is 18.9. The zero-order valence-corrected chi connectivity index (χ0v) is 34.2. The second-order valence-electron chi connectivity index (χ2n) is 14.3. The minimum absolute atomic E-state index is 0.0233. The molecule has 374 valence electrons. The summed E-state index contributed by atoms with van der Waals surface area (Å²) >= 11 is 0. The molecule has 7 aromatic rings. The molecule has 0 spiro atoms. The molecule has 0 fully saturated rings. The van der Waals surface area contributed by atoms with E-state index >= 15 is 35.1 Å². The third-order valence-electron chi connectivity index (χ3n) is 10.3. The largest absolute Gasteiger partial charge is 0.421 e. The van der Waals surface area contributed by atoms with Crippen molar-refractivity contribution in [2.24, 2.45) is 0 Å². The van der Waals surface area contributed by atoms with Crippen molar-refractivity contribution >= 4 is 45.4 Å². The number of benzene rings is 6. The van der Waals surface area contributed by atoms with Gasteiger partial charge >= 0.3 is 5.97 Å². The van der Waals surface area contributed by atoms with Gasteiger partial charge in [0.15, 0.2) is 76.0 Å². The van der Waals surface area contributed by atoms with Crippen molar-refractivity contribution in [3.63, 3.8) is 0 Å². The van der Waals surface area contributed by atoms with Gasteiger partial charge in [0.05, 0.1) is 17.2 Å². The quantitative estimate of drug-likeness (QED) is 0.0131. The monoisotopic (exact) mass is 1040 g/mol. The fourth-order valence-corrected chi connectivity index (χ4v) is 7.21. The summed E-state index contributed by atoms with van der Waals surface area (Å²) in [5, 5.41) is 10.8. The molecule has 0 aliphatic heterocycles. The number of ketones is 1. The van der Waals surface area contributed by atoms with Gasteiger partial charge in [-0.05, 0) is 6.07 Å². The smallest absolute Gasteiger partial charge is 0.368 e. The third-order valence-corrected chi connectivity index (χ3v) is 10.3. The Morgan fingerprint density at radius 3 is 1.19 bits per heavy atom. The minimum Gasteiger partial charge on any atom is -0.421 e. The first-order valence-electron chi connectivity index (χ1n) is 18.9. The highest BCUT2D eigenvalue weighted by atomic mass is 19.2. The van der Waals surface area contributed by atoms with Crippen LogP contribution in [0.25, 0.3) is 0 Å². The van der Waals surface area contributed by atoms with Gasteiger partial charge in [-0.3, -0.25) is 14.9 Å². The Morgan fingerprint density at radius 1 is 0.500 bits per heavy atom. The number of carbonyl (C=O) groups excluding carboxylic acids is 2. The van der Waals surface area contributed by atoms with Crippen LogP contribution in [0.2, 0.25) is 0 Å². The summed E-state index contributed by atoms with van der Waals surface area (Å²) < 4.78 is 301. The molecular formula is C43H14BF20N3O5. The summed E-state index contributed by atoms with van der Waals surface area (Å²) in [6, 6.07) is 14.1. The molecule has 0 atom stereocenters. The molecule has 0 N–H and O–H groups in total. The predicted octanol–water partition coefficient (Wildman–Crippen LogP) is 8.23. The number of hydrogen-bond donors (Lipinski definition) is 0. The van der Waals surface area contributed by atoms with E-state index in [0.29, 0.717) is 5.56 Å². The van der Waals surface area contributed by atoms with Gasteiger partial charge in [0, 0.05) is 11.6 Å². The molecule has 0 saturated carbocycles. The summed E-state index contributed by atoms with van der Waals surface area (Å²) in [5.74, 6) is -72.3. The molecule has 0 unspecified atom stereocenters. The average Bonchev–Trinajstić information content (AvgIpc) is 3.36. The van der Waals surface area contributed by atoms with Gasteiger partial charge in [0.25, 0.3) is 5.69 Å². The van der Waals surface area contributed by atoms with Crippen LogP contribution in [0.1, 0.15) is 20.8 Å². The molecule has 0 bridgehead atoms. The normalized spacial score (nSPS) is 11.3. The number of aromatic nitrogens is 2. The number of carbonyl (C=O) groups is 2. The van der Waals surface area contributed by atoms with Crippen LogP contribution in [0.5, 0.6) is 5.75 Å². The van der Waals surface area contributed by atoms with Crippen LogP contribution < -0.4 is 31.2 Å². The van der Waals surface area contributed by atoms with Gasteiger partial charge in [-0.25, -0.2) is 97.6 Å². The van der Waals surface area contributed by atoms with Crippen molar-refractivity contribution in [1.82, 2.24) is 4.98 Å². The van der Waals surface area contributed by atoms with Crippen LogP contribution in [0.3, 0.4) is 0 Å². The standard InChI is InChI=1S/C24BF20.C19H14N3O5/c26-5-1(6(27)14(35)21(42)13(5)34)25(2-7(28)15(36)22(43)16(37)8(2)29,3-9(30)17(38)23(44)18(39)10(3)31)4-11(32)19(40)24(45)20(41)12(4)33;23-18(14-5-2-1-3-6-14)13-21-10-9-20-17(12-21)19(24)27-16-8-4-7-15(11-16)22(25)26/h;1-12H,13H2/q-1;+1. The zero-order chi connectivity index (χ0) is 53.6. The van der Waals surface area contributed by atoms with Crippen LogP contribution >= 0.6 is 0 Å². The van der Waals surface area contributed by atoms with Crippen LogP contribution in [0.4, 0.5) is 93.5 Å². The Bertz CT molecular complexity index is 3020. The molecule has 72 heavy (non-hydrogen) atoms. The molecule has 8 nitrogen and oxygen atoms in total. The maximum absolute atomic E-state index is 15.4. The summed E-state index contributed by atoms with van der Waals surface area (Å²) in [6.07, 6.45) is -2.89. The SMILES string of the molecule is Fc1c(F)c(F)c([B-](c2c(F)c(F)c(F)c(F)c2F)(c2c(F)c(F)c(F)c(F)c2F)c2c(F)c(F)c(F)c(F)c2F)c(F)c1F.O=C(C[n+]1ccnc(C(=O)Oc2cccc([N+](=O)[O-])c2)c1)c1ccccc1. The van der Waals surface area contributed by atoms with Crippen LogP contribution in [-0.4, -0.2) is 27.8 Å². The van der Waals surface area contributed by atoms with Gasteiger partial charge in [0.1, 0.15) is 58.4 Å². The molecule has 0 aliphatic carbocycles. The lowest BCUT2D eigenvalue weighted by atomic mass is 9.12. The summed E-state index contributed by atoms with van der Waals surface area (Å²) in [7, 11) is 0. The van der Waals surface area contributed by atoms with E-state index in [1.54, 1.807) is 30.5 Å². The Hall–Kier alpha value is -8.40. The second kappa shape index (κ2) is 20.1. The van der Waals surface area contributed by atoms with E-state index in [9.17, 15) is 72.4 Å². The minimum atomic E-state index is -7.22. The highest BCUT2D eigenvalue weighted by Crippen LogP contribution is 2.31. The molecular weight excluding hydrogens is 1030 g/mol. The van der Waals surface area contributed by atoms with Crippen LogP contribution in [0.15, 0.2) is 73.2 Å². The number of non-ortho nitro benzene ring substituents is 1. The number of halogens is 20. The van der Waals surface area contributed by atoms with Gasteiger partial charge in [0.2, 0.25) is 24.2 Å². The summed E-state index contributed by atoms with van der Waals surface area (Å²) in [4.78, 5) is 38.7. The molecule has 6 aromatic carbocycles. The van der Waals surface area contributed by atoms with Gasteiger partial charge in [-0.1, -0.05) is 36.4 Å². The lowest BCUT2D eigenvalue weighted by Gasteiger charge is -2.44. The topological polar surface area (TPSA) is 103 Å². The molecule has 0 amide bonds. The maximum Gasteiger partial charge on any atom is 0.368 e. The molecule has 0 saturated heterocycles. The number of nitro benzene ring substituents is 1. The third kappa shape index (κ3) is 8.88. The first kappa shape index (κ1) is 53.0. The number of rotatable bonds is 10. The Balaban J connectivity index is 0.000000266. The fraction of sp³-hybridized carbons (Fsp3) is 0.0233. The maximum atomic E-state index is 15.4. The number of Topliss-reactive ketones (excluding diaryl/α,β-unsaturated/α-hetero) is 1. The Kier molecular flexibility index (Phi) is 14.8. The highest BCUT2D eigenvalue weighted by molar-refractivity contribution is 7.20. The van der Waals surface area contributed by atoms with Crippen LogP contribution in [-0.2, 0) is 6.54 Å². The van der Waals surface area contributed by atoms with Crippen molar-refractivity contribution in [1.29, 1.82) is 0 Å². The first-order chi connectivity index (χ1) is 33.7. The van der Waals surface area contributed by atoms with E-state index in [2.05, 4.69) is 4.98 Å². The zero-order valence-electron chi connectivity index (χ0n) is 34.2. The molecule has 29 heteroatoms. The second-order valence-corrected chi connectivity index (χ2v) is 14.3. The van der Waals surface area contributed by atoms with Crippen molar-refractivity contribution in [2.75, 3.05) is 0 Å². The van der Waals surface area contributed by atoms with E-state index < -0.39 is 155 Å². The number of esters is 1. The lowest BCUT2D eigenvalue weighted by Crippen LogP contribution is -2.81. The van der Waals surface area contributed by atoms with E-state index in [1.807, 2.05) is 6.07 Å². The molecule has 1 heterocycles. The van der Waals surface area contributed by atoms with Crippen LogP contribution in [0, 0.1) is 126 Å². The highest BCUT2D eigenvalue weighted by Gasteiger charge is 2.52. The Labute approximate surface area is 385 Å². The fourth-order valence-electron chi connectivity index (χ4n) is 7.21. The van der Waals surface area contributed by atoms with E-state index in [-0.39, 0.29) is 29.5 Å². The molecule has 0 radical (unpaired) electrons. The number of nitrogens with zero attached hydrogens (tertiary/aromatic N) is 3. The van der Waals surface area contributed by atoms with E-state index in [0.717, 1.165) is 6.07 Å². The van der Waals surface area contributed by atoms with Gasteiger partial charge < -0.3 is 4.74 Å². The lowest BCUT2D eigenvalue weighted by molar-refractivity contribution is -0.683. The summed E-state index contributed by atoms with van der Waals surface area (Å²) in [5.41, 5.74) is -14.0. The van der Waals surface area contributed by atoms with Crippen molar-refractivity contribution in [3.05, 3.63) is 211 Å². The number of hydrogen-bond acceptors (Lipinski definition) is 6.